The molecule has 1 fully saturated rings. The molecule has 1 N–H and O–H groups in total. The van der Waals surface area contributed by atoms with Gasteiger partial charge in [0, 0.05) is 29.6 Å². The first-order valence-electron chi connectivity index (χ1n) is 6.32. The SMILES string of the molecule is CS(=O)(=O)CC[C@H]1CN(c2cccc(Cl)c2)C(=O)CN1. The van der Waals surface area contributed by atoms with E-state index in [1.165, 1.54) is 6.26 Å². The van der Waals surface area contributed by atoms with Crippen LogP contribution < -0.4 is 10.2 Å². The molecular formula is C13H17ClN2O3S. The Balaban J connectivity index is 2.07. The highest BCUT2D eigenvalue weighted by Gasteiger charge is 2.26. The first-order chi connectivity index (χ1) is 9.35. The van der Waals surface area contributed by atoms with Crippen LogP contribution in [0, 0.1) is 0 Å². The van der Waals surface area contributed by atoms with Gasteiger partial charge in [0.05, 0.1) is 12.3 Å². The number of hydrogen-bond donors (Lipinski definition) is 1. The normalized spacial score (nSPS) is 20.2. The van der Waals surface area contributed by atoms with E-state index in [4.69, 9.17) is 11.6 Å². The fraction of sp³-hybridized carbons (Fsp3) is 0.462. The molecule has 0 saturated carbocycles. The van der Waals surface area contributed by atoms with Crippen LogP contribution in [0.4, 0.5) is 5.69 Å². The van der Waals surface area contributed by atoms with Gasteiger partial charge in [-0.1, -0.05) is 17.7 Å². The van der Waals surface area contributed by atoms with E-state index in [0.29, 0.717) is 18.0 Å². The number of carbonyl (C=O) groups excluding carboxylic acids is 1. The molecule has 1 aromatic rings. The van der Waals surface area contributed by atoms with E-state index in [2.05, 4.69) is 5.32 Å². The number of piperazine rings is 1. The molecule has 2 rings (SSSR count). The van der Waals surface area contributed by atoms with E-state index in [0.717, 1.165) is 5.69 Å². The lowest BCUT2D eigenvalue weighted by molar-refractivity contribution is -0.119. The van der Waals surface area contributed by atoms with E-state index >= 15 is 0 Å². The lowest BCUT2D eigenvalue weighted by Gasteiger charge is -2.33. The Morgan fingerprint density at radius 2 is 2.20 bits per heavy atom. The zero-order valence-electron chi connectivity index (χ0n) is 11.2. The van der Waals surface area contributed by atoms with Crippen LogP contribution in [0.3, 0.4) is 0 Å². The highest BCUT2D eigenvalue weighted by molar-refractivity contribution is 7.90. The van der Waals surface area contributed by atoms with Gasteiger partial charge in [0.15, 0.2) is 0 Å². The van der Waals surface area contributed by atoms with E-state index < -0.39 is 9.84 Å². The fourth-order valence-corrected chi connectivity index (χ4v) is 3.05. The van der Waals surface area contributed by atoms with E-state index in [9.17, 15) is 13.2 Å². The second-order valence-electron chi connectivity index (χ2n) is 4.98. The molecule has 0 bridgehead atoms. The molecule has 0 unspecified atom stereocenters. The molecule has 0 aromatic heterocycles. The van der Waals surface area contributed by atoms with Crippen LogP contribution >= 0.6 is 11.6 Å². The summed E-state index contributed by atoms with van der Waals surface area (Å²) in [6, 6.07) is 7.07. The predicted octanol–water partition coefficient (Wildman–Crippen LogP) is 1.08. The number of benzene rings is 1. The molecule has 1 heterocycles. The van der Waals surface area contributed by atoms with E-state index in [-0.39, 0.29) is 24.2 Å². The Hall–Kier alpha value is -1.11. The van der Waals surface area contributed by atoms with E-state index in [1.807, 2.05) is 6.07 Å². The summed E-state index contributed by atoms with van der Waals surface area (Å²) in [5.74, 6) is 0.0743. The van der Waals surface area contributed by atoms with Crippen molar-refractivity contribution in [3.8, 4) is 0 Å². The van der Waals surface area contributed by atoms with Crippen LogP contribution in [0.2, 0.25) is 5.02 Å². The Kier molecular flexibility index (Phi) is 4.67. The molecule has 20 heavy (non-hydrogen) atoms. The number of carbonyl (C=O) groups is 1. The number of rotatable bonds is 4. The maximum atomic E-state index is 12.0. The molecule has 1 aliphatic rings. The molecule has 1 aliphatic heterocycles. The van der Waals surface area contributed by atoms with Crippen molar-refractivity contribution in [1.29, 1.82) is 0 Å². The summed E-state index contributed by atoms with van der Waals surface area (Å²) in [5.41, 5.74) is 0.744. The molecule has 0 radical (unpaired) electrons. The average Bonchev–Trinajstić information content (AvgIpc) is 2.37. The molecule has 1 saturated heterocycles. The van der Waals surface area contributed by atoms with Crippen molar-refractivity contribution in [2.75, 3.05) is 30.0 Å². The highest BCUT2D eigenvalue weighted by Crippen LogP contribution is 2.21. The predicted molar refractivity (Wildman–Crippen MR) is 79.9 cm³/mol. The molecule has 110 valence electrons. The minimum absolute atomic E-state index is 0.0265. The van der Waals surface area contributed by atoms with Gasteiger partial charge in [0.2, 0.25) is 5.91 Å². The van der Waals surface area contributed by atoms with Gasteiger partial charge in [-0.3, -0.25) is 4.79 Å². The third-order valence-electron chi connectivity index (χ3n) is 3.20. The van der Waals surface area contributed by atoms with Crippen molar-refractivity contribution in [3.63, 3.8) is 0 Å². The topological polar surface area (TPSA) is 66.5 Å². The van der Waals surface area contributed by atoms with Gasteiger partial charge in [-0.15, -0.1) is 0 Å². The van der Waals surface area contributed by atoms with Crippen molar-refractivity contribution in [3.05, 3.63) is 29.3 Å². The van der Waals surface area contributed by atoms with Crippen LogP contribution in [0.25, 0.3) is 0 Å². The summed E-state index contributed by atoms with van der Waals surface area (Å²) < 4.78 is 22.4. The maximum absolute atomic E-state index is 12.0. The molecule has 1 amide bonds. The summed E-state index contributed by atoms with van der Waals surface area (Å²) >= 11 is 5.94. The zero-order chi connectivity index (χ0) is 14.8. The number of halogens is 1. The largest absolute Gasteiger partial charge is 0.310 e. The fourth-order valence-electron chi connectivity index (χ4n) is 2.16. The Labute approximate surface area is 123 Å². The number of nitrogens with one attached hydrogen (secondary N) is 1. The summed E-state index contributed by atoms with van der Waals surface area (Å²) in [6.07, 6.45) is 1.71. The Morgan fingerprint density at radius 3 is 2.85 bits per heavy atom. The number of hydrogen-bond acceptors (Lipinski definition) is 4. The number of sulfone groups is 1. The molecule has 5 nitrogen and oxygen atoms in total. The Bertz CT molecular complexity index is 603. The minimum Gasteiger partial charge on any atom is -0.310 e. The maximum Gasteiger partial charge on any atom is 0.240 e. The molecule has 1 aromatic carbocycles. The molecule has 7 heteroatoms. The van der Waals surface area contributed by atoms with Crippen LogP contribution in [-0.2, 0) is 14.6 Å². The van der Waals surface area contributed by atoms with Crippen LogP contribution in [0.1, 0.15) is 6.42 Å². The summed E-state index contributed by atoms with van der Waals surface area (Å²) in [6.45, 7) is 0.662. The van der Waals surface area contributed by atoms with Crippen molar-refractivity contribution in [2.24, 2.45) is 0 Å². The standard InChI is InChI=1S/C13H17ClN2O3S/c1-20(18,19)6-5-11-9-16(13(17)8-15-11)12-4-2-3-10(14)7-12/h2-4,7,11,15H,5-6,8-9H2,1H3/t11-/m0/s1. The minimum atomic E-state index is -2.99. The molecular weight excluding hydrogens is 300 g/mol. The third-order valence-corrected chi connectivity index (χ3v) is 4.42. The lowest BCUT2D eigenvalue weighted by Crippen LogP contribution is -2.54. The third kappa shape index (κ3) is 4.19. The van der Waals surface area contributed by atoms with Crippen molar-refractivity contribution in [1.82, 2.24) is 5.32 Å². The lowest BCUT2D eigenvalue weighted by atomic mass is 10.1. The van der Waals surface area contributed by atoms with Gasteiger partial charge >= 0.3 is 0 Å². The number of amides is 1. The zero-order valence-corrected chi connectivity index (χ0v) is 12.7. The van der Waals surface area contributed by atoms with Crippen LogP contribution in [0.15, 0.2) is 24.3 Å². The van der Waals surface area contributed by atoms with Gasteiger partial charge in [-0.2, -0.15) is 0 Å². The quantitative estimate of drug-likeness (QED) is 0.902. The smallest absolute Gasteiger partial charge is 0.240 e. The second kappa shape index (κ2) is 6.11. The summed E-state index contributed by atoms with van der Waals surface area (Å²) in [4.78, 5) is 13.6. The average molecular weight is 317 g/mol. The van der Waals surface area contributed by atoms with Gasteiger partial charge in [-0.05, 0) is 24.6 Å². The first-order valence-corrected chi connectivity index (χ1v) is 8.76. The van der Waals surface area contributed by atoms with Crippen molar-refractivity contribution < 1.29 is 13.2 Å². The molecule has 1 atom stereocenters. The highest BCUT2D eigenvalue weighted by atomic mass is 35.5. The van der Waals surface area contributed by atoms with Gasteiger partial charge in [0.25, 0.3) is 0 Å². The van der Waals surface area contributed by atoms with Crippen LogP contribution in [0.5, 0.6) is 0 Å². The van der Waals surface area contributed by atoms with Crippen molar-refractivity contribution in [2.45, 2.75) is 12.5 Å². The summed E-state index contributed by atoms with van der Waals surface area (Å²) in [5, 5.41) is 3.64. The molecule has 0 aliphatic carbocycles. The van der Waals surface area contributed by atoms with Gasteiger partial charge < -0.3 is 10.2 Å². The van der Waals surface area contributed by atoms with Crippen LogP contribution in [-0.4, -0.2) is 45.5 Å². The van der Waals surface area contributed by atoms with Crippen molar-refractivity contribution >= 4 is 33.0 Å². The van der Waals surface area contributed by atoms with Gasteiger partial charge in [-0.25, -0.2) is 8.42 Å². The number of anilines is 1. The van der Waals surface area contributed by atoms with Gasteiger partial charge in [0.1, 0.15) is 9.84 Å². The first kappa shape index (κ1) is 15.3. The monoisotopic (exact) mass is 316 g/mol. The Morgan fingerprint density at radius 1 is 1.45 bits per heavy atom. The molecule has 0 spiro atoms. The van der Waals surface area contributed by atoms with E-state index in [1.54, 1.807) is 23.1 Å². The second-order valence-corrected chi connectivity index (χ2v) is 7.68. The summed E-state index contributed by atoms with van der Waals surface area (Å²) in [7, 11) is -2.99. The number of nitrogens with zero attached hydrogens (tertiary/aromatic N) is 1.